The van der Waals surface area contributed by atoms with Crippen LogP contribution in [0, 0.1) is 0 Å². The largest absolute Gasteiger partial charge is 0.327 e. The molecule has 1 amide bonds. The van der Waals surface area contributed by atoms with Crippen LogP contribution < -0.4 is 10.2 Å². The zero-order valence-electron chi connectivity index (χ0n) is 12.0. The second-order valence-electron chi connectivity index (χ2n) is 5.48. The van der Waals surface area contributed by atoms with E-state index in [2.05, 4.69) is 22.4 Å². The highest BCUT2D eigenvalue weighted by Gasteiger charge is 2.19. The Bertz CT molecular complexity index is 591. The lowest BCUT2D eigenvalue weighted by Gasteiger charge is -2.10. The standard InChI is InChI=1S/C16H19N3OS/c20-15(12-19-8-4-5-9-19)18-16-17-11-14(21-16)10-13-6-2-1-3-7-13/h1-3,6-7,11H,4-5,8-10,12H2,(H,17,18,20)/p+1. The number of hydrogen-bond donors (Lipinski definition) is 2. The van der Waals surface area contributed by atoms with Crippen molar-refractivity contribution < 1.29 is 9.69 Å². The highest BCUT2D eigenvalue weighted by Crippen LogP contribution is 2.20. The van der Waals surface area contributed by atoms with Crippen LogP contribution >= 0.6 is 11.3 Å². The summed E-state index contributed by atoms with van der Waals surface area (Å²) in [6.45, 7) is 2.79. The van der Waals surface area contributed by atoms with Gasteiger partial charge in [0.25, 0.3) is 5.91 Å². The highest BCUT2D eigenvalue weighted by atomic mass is 32.1. The lowest BCUT2D eigenvalue weighted by atomic mass is 10.1. The van der Waals surface area contributed by atoms with Gasteiger partial charge in [-0.25, -0.2) is 4.98 Å². The molecule has 5 heteroatoms. The normalized spacial score (nSPS) is 15.2. The molecule has 1 aromatic carbocycles. The number of thiazole rings is 1. The summed E-state index contributed by atoms with van der Waals surface area (Å²) in [7, 11) is 0. The van der Waals surface area contributed by atoms with Gasteiger partial charge in [0, 0.05) is 30.3 Å². The van der Waals surface area contributed by atoms with Gasteiger partial charge in [-0.1, -0.05) is 30.3 Å². The van der Waals surface area contributed by atoms with E-state index < -0.39 is 0 Å². The van der Waals surface area contributed by atoms with Gasteiger partial charge in [-0.3, -0.25) is 10.1 Å². The number of carbonyl (C=O) groups excluding carboxylic acids is 1. The molecule has 0 radical (unpaired) electrons. The van der Waals surface area contributed by atoms with Crippen molar-refractivity contribution in [3.05, 3.63) is 47.0 Å². The predicted octanol–water partition coefficient (Wildman–Crippen LogP) is 1.35. The molecule has 4 nitrogen and oxygen atoms in total. The van der Waals surface area contributed by atoms with Crippen LogP contribution in [-0.2, 0) is 11.2 Å². The van der Waals surface area contributed by atoms with E-state index in [1.54, 1.807) is 11.3 Å². The van der Waals surface area contributed by atoms with Crippen molar-refractivity contribution in [3.63, 3.8) is 0 Å². The van der Waals surface area contributed by atoms with Crippen LogP contribution in [0.5, 0.6) is 0 Å². The quantitative estimate of drug-likeness (QED) is 0.876. The summed E-state index contributed by atoms with van der Waals surface area (Å²) < 4.78 is 0. The molecular weight excluding hydrogens is 282 g/mol. The summed E-state index contributed by atoms with van der Waals surface area (Å²) in [5, 5.41) is 3.64. The van der Waals surface area contributed by atoms with E-state index in [0.29, 0.717) is 11.7 Å². The smallest absolute Gasteiger partial charge is 0.281 e. The fourth-order valence-corrected chi connectivity index (χ4v) is 3.55. The van der Waals surface area contributed by atoms with Crippen molar-refractivity contribution in [1.82, 2.24) is 4.98 Å². The maximum atomic E-state index is 12.0. The molecule has 2 aromatic rings. The second-order valence-corrected chi connectivity index (χ2v) is 6.59. The Kier molecular flexibility index (Phi) is 4.62. The van der Waals surface area contributed by atoms with E-state index in [1.807, 2.05) is 24.4 Å². The lowest BCUT2D eigenvalue weighted by Crippen LogP contribution is -3.11. The molecule has 3 rings (SSSR count). The van der Waals surface area contributed by atoms with Crippen molar-refractivity contribution >= 4 is 22.4 Å². The fourth-order valence-electron chi connectivity index (χ4n) is 2.69. The molecule has 0 spiro atoms. The number of nitrogens with one attached hydrogen (secondary N) is 2. The monoisotopic (exact) mass is 302 g/mol. The Morgan fingerprint density at radius 1 is 1.24 bits per heavy atom. The summed E-state index contributed by atoms with van der Waals surface area (Å²) >= 11 is 1.56. The van der Waals surface area contributed by atoms with Crippen LogP contribution in [0.15, 0.2) is 36.5 Å². The number of hydrogen-bond acceptors (Lipinski definition) is 3. The van der Waals surface area contributed by atoms with E-state index in [9.17, 15) is 4.79 Å². The Hall–Kier alpha value is -1.72. The van der Waals surface area contributed by atoms with Crippen LogP contribution in [0.1, 0.15) is 23.3 Å². The van der Waals surface area contributed by atoms with Gasteiger partial charge >= 0.3 is 0 Å². The van der Waals surface area contributed by atoms with Crippen molar-refractivity contribution in [2.24, 2.45) is 0 Å². The molecule has 1 aliphatic rings. The van der Waals surface area contributed by atoms with Crippen LogP contribution in [0.2, 0.25) is 0 Å². The highest BCUT2D eigenvalue weighted by molar-refractivity contribution is 7.15. The van der Waals surface area contributed by atoms with E-state index in [-0.39, 0.29) is 5.91 Å². The zero-order valence-corrected chi connectivity index (χ0v) is 12.8. The number of anilines is 1. The van der Waals surface area contributed by atoms with Crippen LogP contribution in [0.25, 0.3) is 0 Å². The number of amides is 1. The molecule has 0 atom stereocenters. The van der Waals surface area contributed by atoms with Crippen molar-refractivity contribution in [1.29, 1.82) is 0 Å². The fraction of sp³-hybridized carbons (Fsp3) is 0.375. The van der Waals surface area contributed by atoms with E-state index in [0.717, 1.165) is 19.5 Å². The summed E-state index contributed by atoms with van der Waals surface area (Å²) in [6, 6.07) is 10.3. The second kappa shape index (κ2) is 6.83. The first-order valence-corrected chi connectivity index (χ1v) is 8.23. The first-order chi connectivity index (χ1) is 10.3. The number of benzene rings is 1. The molecule has 1 fully saturated rings. The zero-order chi connectivity index (χ0) is 14.5. The van der Waals surface area contributed by atoms with Gasteiger partial charge < -0.3 is 4.90 Å². The molecule has 0 aliphatic carbocycles. The molecule has 0 bridgehead atoms. The van der Waals surface area contributed by atoms with Crippen molar-refractivity contribution in [2.45, 2.75) is 19.3 Å². The first kappa shape index (κ1) is 14.2. The maximum absolute atomic E-state index is 12.0. The third-order valence-electron chi connectivity index (χ3n) is 3.74. The first-order valence-electron chi connectivity index (χ1n) is 7.41. The molecule has 1 saturated heterocycles. The van der Waals surface area contributed by atoms with E-state index in [1.165, 1.54) is 28.2 Å². The minimum Gasteiger partial charge on any atom is -0.327 e. The van der Waals surface area contributed by atoms with Crippen molar-refractivity contribution in [3.8, 4) is 0 Å². The van der Waals surface area contributed by atoms with Gasteiger partial charge in [-0.2, -0.15) is 0 Å². The molecule has 1 aliphatic heterocycles. The van der Waals surface area contributed by atoms with Gasteiger partial charge in [-0.05, 0) is 5.56 Å². The van der Waals surface area contributed by atoms with Crippen LogP contribution in [-0.4, -0.2) is 30.5 Å². The van der Waals surface area contributed by atoms with Gasteiger partial charge in [-0.15, -0.1) is 11.3 Å². The maximum Gasteiger partial charge on any atom is 0.281 e. The number of quaternary nitrogens is 1. The average Bonchev–Trinajstić information content (AvgIpc) is 3.12. The van der Waals surface area contributed by atoms with Crippen molar-refractivity contribution in [2.75, 3.05) is 25.0 Å². The SMILES string of the molecule is O=C(C[NH+]1CCCC1)Nc1ncc(Cc2ccccc2)s1. The minimum absolute atomic E-state index is 0.0764. The molecule has 21 heavy (non-hydrogen) atoms. The van der Waals surface area contributed by atoms with E-state index >= 15 is 0 Å². The summed E-state index contributed by atoms with van der Waals surface area (Å²) in [4.78, 5) is 18.8. The van der Waals surface area contributed by atoms with Gasteiger partial charge in [0.15, 0.2) is 11.7 Å². The number of aromatic nitrogens is 1. The van der Waals surface area contributed by atoms with Gasteiger partial charge in [0.1, 0.15) is 0 Å². The predicted molar refractivity (Wildman–Crippen MR) is 84.8 cm³/mol. The average molecular weight is 302 g/mol. The number of likely N-dealkylation sites (tertiary alicyclic amines) is 1. The number of rotatable bonds is 5. The van der Waals surface area contributed by atoms with Crippen LogP contribution in [0.4, 0.5) is 5.13 Å². The Labute approximate surface area is 128 Å². The molecule has 0 unspecified atom stereocenters. The third kappa shape index (κ3) is 4.12. The summed E-state index contributed by atoms with van der Waals surface area (Å²) in [5.41, 5.74) is 1.26. The Balaban J connectivity index is 1.53. The lowest BCUT2D eigenvalue weighted by molar-refractivity contribution is -0.878. The molecule has 0 saturated carbocycles. The van der Waals surface area contributed by atoms with E-state index in [4.69, 9.17) is 0 Å². The number of carbonyl (C=O) groups is 1. The minimum atomic E-state index is 0.0764. The molecule has 2 heterocycles. The molecule has 2 N–H and O–H groups in total. The Morgan fingerprint density at radius 2 is 2.00 bits per heavy atom. The Morgan fingerprint density at radius 3 is 2.76 bits per heavy atom. The van der Waals surface area contributed by atoms with Gasteiger partial charge in [0.05, 0.1) is 13.1 Å². The van der Waals surface area contributed by atoms with Gasteiger partial charge in [0.2, 0.25) is 0 Å². The summed E-state index contributed by atoms with van der Waals surface area (Å²) in [5.74, 6) is 0.0764. The van der Waals surface area contributed by atoms with Crippen LogP contribution in [0.3, 0.4) is 0 Å². The molecular formula is C16H20N3OS+. The topological polar surface area (TPSA) is 46.4 Å². The number of nitrogens with zero attached hydrogens (tertiary/aromatic N) is 1. The molecule has 110 valence electrons. The molecule has 1 aromatic heterocycles. The third-order valence-corrected chi connectivity index (χ3v) is 4.66. The summed E-state index contributed by atoms with van der Waals surface area (Å²) in [6.07, 6.45) is 5.20.